The molecule has 0 aromatic carbocycles. The van der Waals surface area contributed by atoms with Crippen LogP contribution in [-0.4, -0.2) is 53.8 Å². The van der Waals surface area contributed by atoms with Crippen molar-refractivity contribution in [2.45, 2.75) is 6.04 Å². The SMILES string of the molecule is [O]CC(=O)NCC(=O)N[C@H](CO)C(=O)O. The van der Waals surface area contributed by atoms with Gasteiger partial charge in [0.05, 0.1) is 13.2 Å². The molecule has 8 nitrogen and oxygen atoms in total. The van der Waals surface area contributed by atoms with Gasteiger partial charge in [-0.05, 0) is 0 Å². The lowest BCUT2D eigenvalue weighted by molar-refractivity contribution is -0.142. The van der Waals surface area contributed by atoms with Gasteiger partial charge in [0.1, 0.15) is 6.04 Å². The van der Waals surface area contributed by atoms with E-state index in [9.17, 15) is 19.5 Å². The van der Waals surface area contributed by atoms with Gasteiger partial charge in [-0.1, -0.05) is 0 Å². The van der Waals surface area contributed by atoms with Crippen LogP contribution in [0.4, 0.5) is 0 Å². The molecule has 0 bridgehead atoms. The number of carbonyl (C=O) groups excluding carboxylic acids is 2. The van der Waals surface area contributed by atoms with Crippen molar-refractivity contribution in [3.8, 4) is 0 Å². The minimum atomic E-state index is -1.42. The molecule has 4 N–H and O–H groups in total. The molecule has 0 aliphatic carbocycles. The second-order valence-corrected chi connectivity index (χ2v) is 2.56. The van der Waals surface area contributed by atoms with E-state index in [-0.39, 0.29) is 0 Å². The standard InChI is InChI=1S/C7H11N2O6/c10-2-4(7(14)15)9-5(12)1-8-6(13)3-11/h4,10H,1-3H2,(H,8,13)(H,9,12)(H,14,15)/t4-/m1/s1. The van der Waals surface area contributed by atoms with Gasteiger partial charge in [0, 0.05) is 0 Å². The van der Waals surface area contributed by atoms with Crippen molar-refractivity contribution in [2.75, 3.05) is 19.8 Å². The van der Waals surface area contributed by atoms with E-state index in [4.69, 9.17) is 10.2 Å². The zero-order chi connectivity index (χ0) is 11.8. The molecule has 1 atom stereocenters. The third-order valence-electron chi connectivity index (χ3n) is 1.39. The Kier molecular flexibility index (Phi) is 5.99. The number of hydrogen-bond acceptors (Lipinski definition) is 4. The Morgan fingerprint density at radius 1 is 1.20 bits per heavy atom. The van der Waals surface area contributed by atoms with Crippen LogP contribution in [0.5, 0.6) is 0 Å². The molecule has 0 rings (SSSR count). The lowest BCUT2D eigenvalue weighted by atomic mass is 10.3. The molecule has 0 heterocycles. The van der Waals surface area contributed by atoms with Gasteiger partial charge in [-0.3, -0.25) is 9.59 Å². The molecule has 0 aliphatic rings. The number of carboxylic acids is 1. The average molecular weight is 219 g/mol. The van der Waals surface area contributed by atoms with Crippen molar-refractivity contribution in [1.82, 2.24) is 10.6 Å². The molecule has 0 aromatic rings. The van der Waals surface area contributed by atoms with Gasteiger partial charge in [-0.2, -0.15) is 0 Å². The van der Waals surface area contributed by atoms with Crippen LogP contribution in [0.2, 0.25) is 0 Å². The molecular weight excluding hydrogens is 208 g/mol. The first-order valence-electron chi connectivity index (χ1n) is 3.99. The molecule has 0 saturated carbocycles. The quantitative estimate of drug-likeness (QED) is 0.380. The molecule has 8 heteroatoms. The Morgan fingerprint density at radius 2 is 1.80 bits per heavy atom. The van der Waals surface area contributed by atoms with Crippen LogP contribution >= 0.6 is 0 Å². The first kappa shape index (κ1) is 13.3. The third kappa shape index (κ3) is 5.60. The van der Waals surface area contributed by atoms with Crippen LogP contribution in [0.25, 0.3) is 0 Å². The number of rotatable bonds is 6. The minimum Gasteiger partial charge on any atom is -0.480 e. The van der Waals surface area contributed by atoms with Crippen molar-refractivity contribution in [3.63, 3.8) is 0 Å². The second-order valence-electron chi connectivity index (χ2n) is 2.56. The Hall–Kier alpha value is -1.67. The van der Waals surface area contributed by atoms with Crippen LogP contribution in [0.15, 0.2) is 0 Å². The van der Waals surface area contributed by atoms with Crippen molar-refractivity contribution < 1.29 is 29.7 Å². The highest BCUT2D eigenvalue weighted by atomic mass is 16.4. The average Bonchev–Trinajstić information content (AvgIpc) is 2.21. The number of nitrogens with one attached hydrogen (secondary N) is 2. The molecule has 15 heavy (non-hydrogen) atoms. The molecular formula is C7H11N2O6. The summed E-state index contributed by atoms with van der Waals surface area (Å²) >= 11 is 0. The van der Waals surface area contributed by atoms with Crippen molar-refractivity contribution in [2.24, 2.45) is 0 Å². The maximum absolute atomic E-state index is 10.9. The van der Waals surface area contributed by atoms with Gasteiger partial charge in [0.25, 0.3) is 0 Å². The number of carboxylic acid groups (broad SMARTS) is 1. The summed E-state index contributed by atoms with van der Waals surface area (Å²) in [5, 5.41) is 30.8. The Bertz CT molecular complexity index is 254. The molecule has 0 fully saturated rings. The van der Waals surface area contributed by atoms with E-state index < -0.39 is 43.6 Å². The Balaban J connectivity index is 3.91. The zero-order valence-electron chi connectivity index (χ0n) is 7.73. The maximum Gasteiger partial charge on any atom is 0.328 e. The number of aliphatic carboxylic acids is 1. The van der Waals surface area contributed by atoms with Crippen LogP contribution in [-0.2, 0) is 19.5 Å². The molecule has 85 valence electrons. The highest BCUT2D eigenvalue weighted by Gasteiger charge is 2.18. The summed E-state index contributed by atoms with van der Waals surface area (Å²) in [6.07, 6.45) is 0. The molecule has 1 radical (unpaired) electrons. The fourth-order valence-corrected chi connectivity index (χ4v) is 0.661. The van der Waals surface area contributed by atoms with Gasteiger partial charge in [-0.15, -0.1) is 0 Å². The van der Waals surface area contributed by atoms with E-state index >= 15 is 0 Å². The first-order valence-corrected chi connectivity index (χ1v) is 3.99. The maximum atomic E-state index is 10.9. The number of amides is 2. The smallest absolute Gasteiger partial charge is 0.328 e. The third-order valence-corrected chi connectivity index (χ3v) is 1.39. The Labute approximate surface area is 84.9 Å². The summed E-state index contributed by atoms with van der Waals surface area (Å²) in [5.41, 5.74) is 0. The highest BCUT2D eigenvalue weighted by molar-refractivity contribution is 5.88. The fraction of sp³-hybridized carbons (Fsp3) is 0.571. The van der Waals surface area contributed by atoms with Gasteiger partial charge < -0.3 is 20.8 Å². The van der Waals surface area contributed by atoms with Gasteiger partial charge >= 0.3 is 5.97 Å². The van der Waals surface area contributed by atoms with E-state index in [0.717, 1.165) is 0 Å². The summed E-state index contributed by atoms with van der Waals surface area (Å²) in [7, 11) is 0. The topological polar surface area (TPSA) is 136 Å². The van der Waals surface area contributed by atoms with Crippen molar-refractivity contribution >= 4 is 17.8 Å². The van der Waals surface area contributed by atoms with Gasteiger partial charge in [0.15, 0.2) is 6.61 Å². The summed E-state index contributed by atoms with van der Waals surface area (Å²) < 4.78 is 0. The van der Waals surface area contributed by atoms with Gasteiger partial charge in [0.2, 0.25) is 11.8 Å². The predicted molar refractivity (Wildman–Crippen MR) is 45.2 cm³/mol. The summed E-state index contributed by atoms with van der Waals surface area (Å²) in [6.45, 7) is -2.25. The van der Waals surface area contributed by atoms with Crippen LogP contribution in [0, 0.1) is 0 Å². The van der Waals surface area contributed by atoms with Crippen LogP contribution < -0.4 is 10.6 Å². The molecule has 0 saturated heterocycles. The lowest BCUT2D eigenvalue weighted by Crippen LogP contribution is -2.47. The normalized spacial score (nSPS) is 11.6. The lowest BCUT2D eigenvalue weighted by Gasteiger charge is -2.11. The molecule has 0 aliphatic heterocycles. The first-order chi connectivity index (χ1) is 7.01. The number of hydrogen-bond donors (Lipinski definition) is 4. The number of aliphatic hydroxyl groups is 1. The van der Waals surface area contributed by atoms with E-state index in [2.05, 4.69) is 0 Å². The largest absolute Gasteiger partial charge is 0.480 e. The summed E-state index contributed by atoms with van der Waals surface area (Å²) in [6, 6.07) is -1.42. The minimum absolute atomic E-state index is 0.495. The molecule has 0 aromatic heterocycles. The predicted octanol–water partition coefficient (Wildman–Crippen LogP) is -2.91. The summed E-state index contributed by atoms with van der Waals surface area (Å²) in [5.74, 6) is -3.04. The van der Waals surface area contributed by atoms with Crippen LogP contribution in [0.3, 0.4) is 0 Å². The highest BCUT2D eigenvalue weighted by Crippen LogP contribution is 1.81. The number of aliphatic hydroxyl groups excluding tert-OH is 1. The van der Waals surface area contributed by atoms with Gasteiger partial charge in [-0.25, -0.2) is 9.90 Å². The monoisotopic (exact) mass is 219 g/mol. The van der Waals surface area contributed by atoms with E-state index in [1.54, 1.807) is 0 Å². The summed E-state index contributed by atoms with van der Waals surface area (Å²) in [4.78, 5) is 31.7. The van der Waals surface area contributed by atoms with E-state index in [1.807, 2.05) is 10.6 Å². The second kappa shape index (κ2) is 6.74. The van der Waals surface area contributed by atoms with E-state index in [0.29, 0.717) is 0 Å². The van der Waals surface area contributed by atoms with Crippen molar-refractivity contribution in [1.29, 1.82) is 0 Å². The number of carbonyl (C=O) groups is 3. The van der Waals surface area contributed by atoms with Crippen molar-refractivity contribution in [3.05, 3.63) is 0 Å². The molecule has 2 amide bonds. The van der Waals surface area contributed by atoms with Crippen LogP contribution in [0.1, 0.15) is 0 Å². The van der Waals surface area contributed by atoms with E-state index in [1.165, 1.54) is 0 Å². The fourth-order valence-electron chi connectivity index (χ4n) is 0.661. The molecule has 0 unspecified atom stereocenters. The zero-order valence-corrected chi connectivity index (χ0v) is 7.73. The Morgan fingerprint density at radius 3 is 2.20 bits per heavy atom. The molecule has 0 spiro atoms.